The Bertz CT molecular complexity index is 1960. The monoisotopic (exact) mass is 1030 g/mol. The third-order valence-electron chi connectivity index (χ3n) is 14.3. The van der Waals surface area contributed by atoms with Crippen LogP contribution in [0.4, 0.5) is 0 Å². The molecule has 2 aromatic carbocycles. The molecule has 4 aliphatic rings. The molecule has 8 N–H and O–H groups in total. The van der Waals surface area contributed by atoms with Gasteiger partial charge < -0.3 is 56.7 Å². The van der Waals surface area contributed by atoms with Crippen LogP contribution < -0.4 is 32.7 Å². The smallest absolute Gasteiger partial charge is 0.246 e. The van der Waals surface area contributed by atoms with Crippen molar-refractivity contribution in [1.82, 2.24) is 31.1 Å². The number of nitrogens with two attached hydrogens (primary N) is 2. The van der Waals surface area contributed by atoms with E-state index in [9.17, 15) is 19.2 Å². The highest BCUT2D eigenvalue weighted by atomic mass is 32.2. The first-order valence-electron chi connectivity index (χ1n) is 24.1. The zero-order chi connectivity index (χ0) is 50.2. The van der Waals surface area contributed by atoms with Crippen LogP contribution in [-0.2, 0) is 33.4 Å². The van der Waals surface area contributed by atoms with E-state index in [1.165, 1.54) is 0 Å². The van der Waals surface area contributed by atoms with Gasteiger partial charge in [-0.05, 0) is 75.6 Å². The molecule has 0 saturated carbocycles. The summed E-state index contributed by atoms with van der Waals surface area (Å²) < 4.78 is 18.9. The summed E-state index contributed by atoms with van der Waals surface area (Å²) in [6.07, 6.45) is 2.19. The number of hydrogen-bond donors (Lipinski definition) is 6. The predicted octanol–water partition coefficient (Wildman–Crippen LogP) is 4.28. The average molecular weight is 1030 g/mol. The first-order valence-corrected chi connectivity index (χ1v) is 26.8. The third-order valence-corrected chi connectivity index (χ3v) is 18.4. The maximum Gasteiger partial charge on any atom is 0.246 e. The van der Waals surface area contributed by atoms with Crippen LogP contribution in [0.3, 0.4) is 0 Å². The lowest BCUT2D eigenvalue weighted by Crippen LogP contribution is -2.57. The SMILES string of the molecule is CN[C@@H](C)C(=S)NC1CC([C@H](COCCOCCOC[C@H](c2ccccc2)C2CC(NC(=S)[C@H](C)NC)C(=O)N3C(CC(C)(C)C3C(N)=O)S2)c2ccccc2)SC2CC(C)(C)C(C(N)=O)N2C1=O. The zero-order valence-corrected chi connectivity index (χ0v) is 44.6. The van der Waals surface area contributed by atoms with Crippen molar-refractivity contribution < 1.29 is 33.4 Å². The lowest BCUT2D eigenvalue weighted by atomic mass is 9.84. The first kappa shape index (κ1) is 54.9. The van der Waals surface area contributed by atoms with Gasteiger partial charge in [-0.15, -0.1) is 23.5 Å². The highest BCUT2D eigenvalue weighted by Gasteiger charge is 2.57. The molecule has 0 aliphatic carbocycles. The Morgan fingerprint density at radius 2 is 1.00 bits per heavy atom. The van der Waals surface area contributed by atoms with Gasteiger partial charge in [-0.2, -0.15) is 0 Å². The number of nitrogens with one attached hydrogen (secondary N) is 4. The number of thiocarbonyl (C=S) groups is 2. The molecule has 4 saturated heterocycles. The molecule has 8 unspecified atom stereocenters. The number of carbonyl (C=O) groups excluding carboxylic acids is 4. The molecule has 4 aliphatic heterocycles. The van der Waals surface area contributed by atoms with Crippen LogP contribution in [0.1, 0.15) is 90.2 Å². The van der Waals surface area contributed by atoms with Crippen LogP contribution >= 0.6 is 48.0 Å². The van der Waals surface area contributed by atoms with E-state index in [1.807, 2.05) is 92.0 Å². The van der Waals surface area contributed by atoms with E-state index in [-0.39, 0.29) is 57.0 Å². The third kappa shape index (κ3) is 13.2. The number of ether oxygens (including phenoxy) is 3. The lowest BCUT2D eigenvalue weighted by molar-refractivity contribution is -0.141. The molecule has 2 aromatic rings. The van der Waals surface area contributed by atoms with Gasteiger partial charge in [0.05, 0.1) is 72.4 Å². The van der Waals surface area contributed by atoms with Crippen molar-refractivity contribution in [3.8, 4) is 0 Å². The van der Waals surface area contributed by atoms with Crippen molar-refractivity contribution in [2.24, 2.45) is 22.3 Å². The summed E-state index contributed by atoms with van der Waals surface area (Å²) in [6, 6.07) is 17.3. The van der Waals surface area contributed by atoms with E-state index in [0.717, 1.165) is 11.1 Å². The molecule has 4 fully saturated rings. The quantitative estimate of drug-likeness (QED) is 0.0721. The molecule has 0 radical (unpaired) electrons. The fraction of sp³-hybridized carbons (Fsp3) is 0.640. The van der Waals surface area contributed by atoms with Crippen LogP contribution in [0.2, 0.25) is 0 Å². The van der Waals surface area contributed by atoms with E-state index >= 15 is 0 Å². The number of nitrogens with zero attached hydrogens (tertiary/aromatic N) is 2. The number of primary amides is 2. The summed E-state index contributed by atoms with van der Waals surface area (Å²) in [7, 11) is 3.64. The van der Waals surface area contributed by atoms with Crippen molar-refractivity contribution in [3.05, 3.63) is 71.8 Å². The van der Waals surface area contributed by atoms with Crippen LogP contribution in [0, 0.1) is 10.8 Å². The lowest BCUT2D eigenvalue weighted by Gasteiger charge is -2.33. The van der Waals surface area contributed by atoms with Crippen LogP contribution in [0.5, 0.6) is 0 Å². The van der Waals surface area contributed by atoms with Crippen molar-refractivity contribution in [1.29, 1.82) is 0 Å². The highest BCUT2D eigenvalue weighted by molar-refractivity contribution is 8.00. The molecule has 12 atom stereocenters. The number of benzene rings is 2. The number of likely N-dealkylation sites (N-methyl/N-ethyl adjacent to an activating group) is 2. The minimum absolute atomic E-state index is 0.0667. The fourth-order valence-electron chi connectivity index (χ4n) is 10.4. The normalized spacial score (nSPS) is 28.1. The maximum absolute atomic E-state index is 14.4. The standard InChI is InChI=1S/C50H74N8O7S4/c1-29(53-7)45(66)55-35-23-37(68-39-25-49(3,4)41(43(51)59)57(39)47(35)61)33(31-15-11-9-12-16-31)27-64-21-19-63-20-22-65-28-34(32-17-13-10-14-18-32)38-24-36(56-46(67)30(2)54-8)48(62)58-40(69-38)26-50(5,6)42(58)44(52)60/h9-18,29-30,33-42,53-54H,19-28H2,1-8H3,(H2,51,59)(H2,52,60)(H,55,66)(H,56,67)/t29-,30-,33+,34+,35?,36?,37?,38?,39?,40?,41?,42?/m0/s1. The van der Waals surface area contributed by atoms with Crippen molar-refractivity contribution in [2.75, 3.05) is 53.7 Å². The van der Waals surface area contributed by atoms with Gasteiger partial charge in [0, 0.05) is 22.3 Å². The summed E-state index contributed by atoms with van der Waals surface area (Å²) in [5.74, 6) is -1.52. The van der Waals surface area contributed by atoms with Gasteiger partial charge in [0.15, 0.2) is 0 Å². The Labute approximate surface area is 428 Å². The second kappa shape index (κ2) is 24.3. The van der Waals surface area contributed by atoms with Crippen molar-refractivity contribution >= 4 is 81.6 Å². The largest absolute Gasteiger partial charge is 0.378 e. The topological polar surface area (TPSA) is 203 Å². The maximum atomic E-state index is 14.4. The van der Waals surface area contributed by atoms with Gasteiger partial charge in [0.25, 0.3) is 0 Å². The molecule has 15 nitrogen and oxygen atoms in total. The number of amides is 4. The molecule has 380 valence electrons. The minimum atomic E-state index is -0.742. The molecular formula is C50H74N8O7S4. The summed E-state index contributed by atoms with van der Waals surface area (Å²) >= 11 is 14.9. The van der Waals surface area contributed by atoms with E-state index in [4.69, 9.17) is 50.1 Å². The predicted molar refractivity (Wildman–Crippen MR) is 283 cm³/mol. The molecule has 4 heterocycles. The van der Waals surface area contributed by atoms with Gasteiger partial charge in [0.2, 0.25) is 23.6 Å². The summed E-state index contributed by atoms with van der Waals surface area (Å²) in [4.78, 5) is 59.3. The molecule has 0 spiro atoms. The highest BCUT2D eigenvalue weighted by Crippen LogP contribution is 2.51. The summed E-state index contributed by atoms with van der Waals surface area (Å²) in [6.45, 7) is 14.1. The number of fused-ring (bicyclic) bond motifs is 2. The van der Waals surface area contributed by atoms with E-state index in [1.54, 1.807) is 33.3 Å². The Kier molecular flexibility index (Phi) is 19.4. The number of thioether (sulfide) groups is 2. The molecule has 0 aromatic heterocycles. The van der Waals surface area contributed by atoms with E-state index < -0.39 is 46.8 Å². The zero-order valence-electron chi connectivity index (χ0n) is 41.3. The molecule has 6 rings (SSSR count). The second-order valence-corrected chi connectivity index (χ2v) is 23.9. The molecule has 0 bridgehead atoms. The molecular weight excluding hydrogens is 953 g/mol. The number of hydrogen-bond acceptors (Lipinski definition) is 13. The Morgan fingerprint density at radius 3 is 1.33 bits per heavy atom. The van der Waals surface area contributed by atoms with Crippen LogP contribution in [-0.4, -0.2) is 155 Å². The van der Waals surface area contributed by atoms with E-state index in [0.29, 0.717) is 75.3 Å². The van der Waals surface area contributed by atoms with Gasteiger partial charge in [0.1, 0.15) is 24.2 Å². The first-order chi connectivity index (χ1) is 32.8. The average Bonchev–Trinajstić information content (AvgIpc) is 3.66. The fourth-order valence-corrected chi connectivity index (χ4v) is 14.9. The Balaban J connectivity index is 1.09. The van der Waals surface area contributed by atoms with E-state index in [2.05, 4.69) is 45.5 Å². The summed E-state index contributed by atoms with van der Waals surface area (Å²) in [5.41, 5.74) is 13.2. The van der Waals surface area contributed by atoms with Gasteiger partial charge in [-0.1, -0.05) is 113 Å². The van der Waals surface area contributed by atoms with Crippen molar-refractivity contribution in [3.63, 3.8) is 0 Å². The molecule has 69 heavy (non-hydrogen) atoms. The van der Waals surface area contributed by atoms with Gasteiger partial charge in [-0.25, -0.2) is 0 Å². The van der Waals surface area contributed by atoms with Gasteiger partial charge >= 0.3 is 0 Å². The minimum Gasteiger partial charge on any atom is -0.378 e. The number of rotatable bonds is 22. The Morgan fingerprint density at radius 1 is 0.652 bits per heavy atom. The summed E-state index contributed by atoms with van der Waals surface area (Å²) in [5, 5.41) is 12.4. The second-order valence-electron chi connectivity index (χ2n) is 20.2. The van der Waals surface area contributed by atoms with Crippen LogP contribution in [0.15, 0.2) is 60.7 Å². The van der Waals surface area contributed by atoms with Crippen LogP contribution in [0.25, 0.3) is 0 Å². The molecule has 19 heteroatoms. The van der Waals surface area contributed by atoms with Crippen molar-refractivity contribution in [2.45, 2.75) is 137 Å². The Hall–Kier alpha value is -3.40. The molecule has 4 amide bonds. The number of carbonyl (C=O) groups is 4. The van der Waals surface area contributed by atoms with Gasteiger partial charge in [-0.3, -0.25) is 19.2 Å².